The molecule has 0 bridgehead atoms. The maximum Gasteiger partial charge on any atom is 0.219 e. The van der Waals surface area contributed by atoms with Crippen molar-refractivity contribution in [2.24, 2.45) is 0 Å². The fourth-order valence-electron chi connectivity index (χ4n) is 4.21. The van der Waals surface area contributed by atoms with E-state index in [1.54, 1.807) is 14.0 Å². The van der Waals surface area contributed by atoms with Crippen molar-refractivity contribution >= 4 is 5.91 Å². The van der Waals surface area contributed by atoms with E-state index in [1.165, 1.54) is 0 Å². The summed E-state index contributed by atoms with van der Waals surface area (Å²) < 4.78 is 11.7. The van der Waals surface area contributed by atoms with Crippen LogP contribution in [0.4, 0.5) is 0 Å². The number of carbonyl (C=O) groups is 1. The van der Waals surface area contributed by atoms with Gasteiger partial charge in [-0.2, -0.15) is 0 Å². The summed E-state index contributed by atoms with van der Waals surface area (Å²) in [5, 5.41) is 10.0. The van der Waals surface area contributed by atoms with Crippen molar-refractivity contribution in [1.29, 1.82) is 0 Å². The van der Waals surface area contributed by atoms with Gasteiger partial charge in [-0.25, -0.2) is 0 Å². The molecule has 3 atom stereocenters. The molecular formula is C18H21NO4. The highest BCUT2D eigenvalue weighted by atomic mass is 16.5. The summed E-state index contributed by atoms with van der Waals surface area (Å²) in [7, 11) is 1.64. The topological polar surface area (TPSA) is 59.0 Å². The number of benzene rings is 1. The van der Waals surface area contributed by atoms with Crippen LogP contribution in [0, 0.1) is 0 Å². The highest BCUT2D eigenvalue weighted by Crippen LogP contribution is 2.55. The van der Waals surface area contributed by atoms with Crippen molar-refractivity contribution in [2.75, 3.05) is 13.7 Å². The Bertz CT molecular complexity index is 699. The SMILES string of the molecule is COc1ccc2c3c1OC1C[C@H](O)C=CC31CCN(C(C)=O)C2. The minimum Gasteiger partial charge on any atom is -0.493 e. The van der Waals surface area contributed by atoms with Gasteiger partial charge < -0.3 is 19.5 Å². The first-order chi connectivity index (χ1) is 11.0. The minimum absolute atomic E-state index is 0.0863. The highest BCUT2D eigenvalue weighted by molar-refractivity contribution is 5.74. The van der Waals surface area contributed by atoms with Gasteiger partial charge in [0.25, 0.3) is 0 Å². The third-order valence-electron chi connectivity index (χ3n) is 5.40. The fourth-order valence-corrected chi connectivity index (χ4v) is 4.21. The molecule has 0 aromatic heterocycles. The maximum atomic E-state index is 11.9. The second-order valence-electron chi connectivity index (χ2n) is 6.63. The van der Waals surface area contributed by atoms with Crippen LogP contribution in [-0.4, -0.2) is 41.8 Å². The Labute approximate surface area is 135 Å². The predicted molar refractivity (Wildman–Crippen MR) is 84.6 cm³/mol. The Morgan fingerprint density at radius 2 is 2.30 bits per heavy atom. The maximum absolute atomic E-state index is 11.9. The van der Waals surface area contributed by atoms with Crippen LogP contribution < -0.4 is 9.47 Å². The monoisotopic (exact) mass is 315 g/mol. The second-order valence-corrected chi connectivity index (χ2v) is 6.63. The van der Waals surface area contributed by atoms with E-state index in [9.17, 15) is 9.90 Å². The average molecular weight is 315 g/mol. The molecule has 122 valence electrons. The summed E-state index contributed by atoms with van der Waals surface area (Å²) in [5.74, 6) is 1.58. The molecule has 1 amide bonds. The van der Waals surface area contributed by atoms with Gasteiger partial charge in [0.05, 0.1) is 18.6 Å². The van der Waals surface area contributed by atoms with Gasteiger partial charge >= 0.3 is 0 Å². The third-order valence-corrected chi connectivity index (χ3v) is 5.40. The molecule has 0 radical (unpaired) electrons. The largest absolute Gasteiger partial charge is 0.493 e. The molecule has 5 heteroatoms. The lowest BCUT2D eigenvalue weighted by Crippen LogP contribution is -2.43. The second kappa shape index (κ2) is 4.99. The van der Waals surface area contributed by atoms with Crippen LogP contribution in [0.2, 0.25) is 0 Å². The van der Waals surface area contributed by atoms with E-state index in [4.69, 9.17) is 9.47 Å². The van der Waals surface area contributed by atoms with Gasteiger partial charge in [0.15, 0.2) is 11.5 Å². The zero-order valence-electron chi connectivity index (χ0n) is 13.4. The number of amides is 1. The lowest BCUT2D eigenvalue weighted by molar-refractivity contribution is -0.129. The van der Waals surface area contributed by atoms with E-state index in [-0.39, 0.29) is 17.4 Å². The van der Waals surface area contributed by atoms with Crippen LogP contribution in [0.25, 0.3) is 0 Å². The summed E-state index contributed by atoms with van der Waals surface area (Å²) in [4.78, 5) is 13.8. The zero-order valence-corrected chi connectivity index (χ0v) is 13.4. The van der Waals surface area contributed by atoms with Gasteiger partial charge in [-0.1, -0.05) is 18.2 Å². The summed E-state index contributed by atoms with van der Waals surface area (Å²) in [5.41, 5.74) is 1.97. The Hall–Kier alpha value is -2.01. The van der Waals surface area contributed by atoms with Crippen molar-refractivity contribution in [2.45, 2.75) is 43.9 Å². The first-order valence-electron chi connectivity index (χ1n) is 8.05. The van der Waals surface area contributed by atoms with E-state index in [0.717, 1.165) is 29.0 Å². The number of carbonyl (C=O) groups excluding carboxylic acids is 1. The van der Waals surface area contributed by atoms with Gasteiger partial charge in [-0.05, 0) is 18.1 Å². The molecule has 0 saturated carbocycles. The first-order valence-corrected chi connectivity index (χ1v) is 8.05. The number of hydrogen-bond acceptors (Lipinski definition) is 4. The molecule has 5 nitrogen and oxygen atoms in total. The fraction of sp³-hybridized carbons (Fsp3) is 0.500. The van der Waals surface area contributed by atoms with E-state index >= 15 is 0 Å². The molecule has 1 N–H and O–H groups in total. The van der Waals surface area contributed by atoms with Crippen molar-refractivity contribution in [3.8, 4) is 11.5 Å². The molecule has 1 aromatic carbocycles. The number of aliphatic hydroxyl groups excluding tert-OH is 1. The molecule has 1 aromatic rings. The molecular weight excluding hydrogens is 294 g/mol. The van der Waals surface area contributed by atoms with Crippen LogP contribution in [0.1, 0.15) is 30.9 Å². The predicted octanol–water partition coefficient (Wildman–Crippen LogP) is 1.77. The van der Waals surface area contributed by atoms with Crippen LogP contribution in [0.15, 0.2) is 24.3 Å². The zero-order chi connectivity index (χ0) is 16.2. The highest BCUT2D eigenvalue weighted by Gasteiger charge is 2.52. The molecule has 1 spiro atoms. The van der Waals surface area contributed by atoms with Gasteiger partial charge in [0.2, 0.25) is 5.91 Å². The molecule has 4 rings (SSSR count). The molecule has 3 aliphatic rings. The number of aliphatic hydroxyl groups is 1. The van der Waals surface area contributed by atoms with E-state index in [1.807, 2.05) is 23.1 Å². The first kappa shape index (κ1) is 14.6. The number of nitrogens with zero attached hydrogens (tertiary/aromatic N) is 1. The van der Waals surface area contributed by atoms with Gasteiger partial charge in [-0.3, -0.25) is 4.79 Å². The van der Waals surface area contributed by atoms with Gasteiger partial charge in [0, 0.05) is 32.0 Å². The Morgan fingerprint density at radius 3 is 3.04 bits per heavy atom. The Balaban J connectivity index is 1.92. The number of methoxy groups -OCH3 is 1. The molecule has 1 aliphatic carbocycles. The van der Waals surface area contributed by atoms with Crippen LogP contribution in [-0.2, 0) is 16.8 Å². The summed E-state index contributed by atoms with van der Waals surface area (Å²) >= 11 is 0. The normalized spacial score (nSPS) is 31.0. The van der Waals surface area contributed by atoms with E-state index < -0.39 is 6.10 Å². The molecule has 2 aliphatic heterocycles. The molecule has 23 heavy (non-hydrogen) atoms. The quantitative estimate of drug-likeness (QED) is 0.803. The van der Waals surface area contributed by atoms with Crippen LogP contribution in [0.3, 0.4) is 0 Å². The van der Waals surface area contributed by atoms with Crippen molar-refractivity contribution < 1.29 is 19.4 Å². The standard InChI is InChI=1S/C18H21NO4/c1-11(20)19-8-7-18-6-5-13(21)9-15(18)23-17-14(22-2)4-3-12(10-19)16(17)18/h3-6,13,15,21H,7-10H2,1-2H3/t13-,15?,18?/m1/s1. The van der Waals surface area contributed by atoms with Crippen LogP contribution in [0.5, 0.6) is 11.5 Å². The van der Waals surface area contributed by atoms with E-state index in [0.29, 0.717) is 19.5 Å². The smallest absolute Gasteiger partial charge is 0.219 e. The number of rotatable bonds is 1. The summed E-state index contributed by atoms with van der Waals surface area (Å²) in [6, 6.07) is 3.94. The van der Waals surface area contributed by atoms with Gasteiger partial charge in [-0.15, -0.1) is 0 Å². The van der Waals surface area contributed by atoms with Crippen molar-refractivity contribution in [1.82, 2.24) is 4.90 Å². The number of ether oxygens (including phenoxy) is 2. The summed E-state index contributed by atoms with van der Waals surface area (Å²) in [6.07, 6.45) is 4.72. The molecule has 2 unspecified atom stereocenters. The minimum atomic E-state index is -0.485. The molecule has 0 saturated heterocycles. The van der Waals surface area contributed by atoms with Gasteiger partial charge in [0.1, 0.15) is 6.10 Å². The van der Waals surface area contributed by atoms with Crippen LogP contribution >= 0.6 is 0 Å². The molecule has 0 fully saturated rings. The molecule has 2 heterocycles. The van der Waals surface area contributed by atoms with Crippen molar-refractivity contribution in [3.63, 3.8) is 0 Å². The lowest BCUT2D eigenvalue weighted by atomic mass is 9.69. The summed E-state index contributed by atoms with van der Waals surface area (Å²) in [6.45, 7) is 2.89. The van der Waals surface area contributed by atoms with E-state index in [2.05, 4.69) is 6.08 Å². The number of hydrogen-bond donors (Lipinski definition) is 1. The Morgan fingerprint density at radius 1 is 1.48 bits per heavy atom. The van der Waals surface area contributed by atoms with Crippen molar-refractivity contribution in [3.05, 3.63) is 35.4 Å². The Kier molecular flexibility index (Phi) is 3.17. The third kappa shape index (κ3) is 1.99. The lowest BCUT2D eigenvalue weighted by Gasteiger charge is -2.35. The average Bonchev–Trinajstić information content (AvgIpc) is 2.75.